The molecule has 0 aromatic rings. The number of hydrogen-bond donors (Lipinski definition) is 0. The second-order valence-corrected chi connectivity index (χ2v) is 16.7. The monoisotopic (exact) mass is 789 g/mol. The van der Waals surface area contributed by atoms with Gasteiger partial charge >= 0.3 is 11.9 Å². The lowest BCUT2D eigenvalue weighted by Crippen LogP contribution is -2.30. The van der Waals surface area contributed by atoms with Gasteiger partial charge in [-0.15, -0.1) is 0 Å². The van der Waals surface area contributed by atoms with Gasteiger partial charge in [-0.2, -0.15) is 0 Å². The Kier molecular flexibility index (Phi) is 46.4. The first-order chi connectivity index (χ1) is 27.6. The van der Waals surface area contributed by atoms with Crippen LogP contribution in [0.25, 0.3) is 0 Å². The molecule has 56 heavy (non-hydrogen) atoms. The van der Waals surface area contributed by atoms with Crippen LogP contribution in [0.3, 0.4) is 0 Å². The summed E-state index contributed by atoms with van der Waals surface area (Å²) in [5.41, 5.74) is 0. The lowest BCUT2D eigenvalue weighted by atomic mass is 10.0. The smallest absolute Gasteiger partial charge is 0.306 e. The number of carbonyl (C=O) groups is 2. The van der Waals surface area contributed by atoms with E-state index in [1.165, 1.54) is 186 Å². The van der Waals surface area contributed by atoms with Crippen LogP contribution in [-0.4, -0.2) is 37.9 Å². The van der Waals surface area contributed by atoms with Crippen LogP contribution in [0.5, 0.6) is 0 Å². The largest absolute Gasteiger partial charge is 0.462 e. The first-order valence-electron chi connectivity index (χ1n) is 24.9. The quantitative estimate of drug-likeness (QED) is 0.0349. The van der Waals surface area contributed by atoms with E-state index in [9.17, 15) is 9.59 Å². The zero-order valence-electron chi connectivity index (χ0n) is 37.9. The van der Waals surface area contributed by atoms with Gasteiger partial charge < -0.3 is 14.2 Å². The summed E-state index contributed by atoms with van der Waals surface area (Å²) < 4.78 is 17.4. The summed E-state index contributed by atoms with van der Waals surface area (Å²) in [5, 5.41) is 0. The molecule has 5 heteroatoms. The molecule has 0 saturated heterocycles. The molecule has 0 amide bonds. The van der Waals surface area contributed by atoms with Gasteiger partial charge in [-0.25, -0.2) is 0 Å². The number of rotatable bonds is 46. The minimum atomic E-state index is -0.532. The highest BCUT2D eigenvalue weighted by Crippen LogP contribution is 2.16. The second-order valence-electron chi connectivity index (χ2n) is 16.7. The number of ether oxygens (including phenoxy) is 3. The van der Waals surface area contributed by atoms with Crippen molar-refractivity contribution in [2.75, 3.05) is 19.8 Å². The Morgan fingerprint density at radius 2 is 0.786 bits per heavy atom. The van der Waals surface area contributed by atoms with Crippen molar-refractivity contribution < 1.29 is 23.8 Å². The van der Waals surface area contributed by atoms with E-state index in [1.54, 1.807) is 0 Å². The van der Waals surface area contributed by atoms with Gasteiger partial charge in [-0.05, 0) is 44.9 Å². The van der Waals surface area contributed by atoms with E-state index in [-0.39, 0.29) is 25.2 Å². The average molecular weight is 789 g/mol. The van der Waals surface area contributed by atoms with Crippen LogP contribution in [0.15, 0.2) is 24.3 Å². The molecule has 0 heterocycles. The third kappa shape index (κ3) is 45.1. The van der Waals surface area contributed by atoms with Crippen LogP contribution < -0.4 is 0 Å². The average Bonchev–Trinajstić information content (AvgIpc) is 3.20. The standard InChI is InChI=1S/C51H96O5/c1-4-7-10-13-16-19-22-25-28-31-34-37-40-43-46-54-47-49(56-51(53)45-42-39-36-33-30-27-24-21-18-15-12-9-6-3)48-55-50(52)44-41-38-35-32-29-26-23-20-17-14-11-8-5-2/h10,13,19,22,49H,4-9,11-12,14-18,20-21,23-48H2,1-3H3/b13-10-,22-19-. The van der Waals surface area contributed by atoms with E-state index in [0.717, 1.165) is 44.9 Å². The molecule has 0 N–H and O–H groups in total. The third-order valence-electron chi connectivity index (χ3n) is 11.0. The molecule has 0 bridgehead atoms. The number of allylic oxidation sites excluding steroid dienone is 4. The molecule has 0 aliphatic heterocycles. The third-order valence-corrected chi connectivity index (χ3v) is 11.0. The number of hydrogen-bond acceptors (Lipinski definition) is 5. The maximum Gasteiger partial charge on any atom is 0.306 e. The van der Waals surface area contributed by atoms with Gasteiger partial charge in [0.25, 0.3) is 0 Å². The van der Waals surface area contributed by atoms with E-state index >= 15 is 0 Å². The number of unbranched alkanes of at least 4 members (excludes halogenated alkanes) is 31. The molecule has 0 spiro atoms. The molecule has 0 aliphatic carbocycles. The molecular formula is C51H96O5. The van der Waals surface area contributed by atoms with Gasteiger partial charge in [-0.1, -0.05) is 231 Å². The predicted octanol–water partition coefficient (Wildman–Crippen LogP) is 16.5. The summed E-state index contributed by atoms with van der Waals surface area (Å²) in [7, 11) is 0. The highest BCUT2D eigenvalue weighted by molar-refractivity contribution is 5.70. The second kappa shape index (κ2) is 47.8. The molecule has 0 saturated carbocycles. The molecule has 1 atom stereocenters. The van der Waals surface area contributed by atoms with E-state index < -0.39 is 6.10 Å². The summed E-state index contributed by atoms with van der Waals surface area (Å²) in [5.74, 6) is -0.387. The molecule has 0 aromatic carbocycles. The molecule has 0 rings (SSSR count). The SMILES string of the molecule is CCC/C=C\C/C=C\CCCCCCCCOCC(COC(=O)CCCCCCCCCCCCCCC)OC(=O)CCCCCCCCCCCCCCC. The maximum atomic E-state index is 12.8. The van der Waals surface area contributed by atoms with Crippen molar-refractivity contribution in [1.82, 2.24) is 0 Å². The zero-order chi connectivity index (χ0) is 40.7. The Hall–Kier alpha value is -1.62. The van der Waals surface area contributed by atoms with Gasteiger partial charge in [-0.3, -0.25) is 9.59 Å². The molecule has 5 nitrogen and oxygen atoms in total. The van der Waals surface area contributed by atoms with Gasteiger partial charge in [0, 0.05) is 19.4 Å². The number of esters is 2. The molecule has 0 aliphatic rings. The highest BCUT2D eigenvalue weighted by Gasteiger charge is 2.17. The minimum Gasteiger partial charge on any atom is -0.462 e. The van der Waals surface area contributed by atoms with Crippen LogP contribution in [-0.2, 0) is 23.8 Å². The Morgan fingerprint density at radius 1 is 0.393 bits per heavy atom. The van der Waals surface area contributed by atoms with Crippen LogP contribution in [0.4, 0.5) is 0 Å². The Balaban J connectivity index is 4.23. The molecule has 0 fully saturated rings. The topological polar surface area (TPSA) is 61.8 Å². The van der Waals surface area contributed by atoms with Crippen molar-refractivity contribution in [2.45, 2.75) is 271 Å². The Labute approximate surface area is 349 Å². The summed E-state index contributed by atoms with van der Waals surface area (Å²) in [6.45, 7) is 7.79. The van der Waals surface area contributed by atoms with E-state index in [4.69, 9.17) is 14.2 Å². The molecule has 0 aromatic heterocycles. The summed E-state index contributed by atoms with van der Waals surface area (Å²) in [4.78, 5) is 25.3. The van der Waals surface area contributed by atoms with Crippen molar-refractivity contribution >= 4 is 11.9 Å². The van der Waals surface area contributed by atoms with Crippen LogP contribution >= 0.6 is 0 Å². The number of carbonyl (C=O) groups excluding carboxylic acids is 2. The first kappa shape index (κ1) is 54.4. The van der Waals surface area contributed by atoms with E-state index in [1.807, 2.05) is 0 Å². The van der Waals surface area contributed by atoms with Gasteiger partial charge in [0.2, 0.25) is 0 Å². The molecular weight excluding hydrogens is 693 g/mol. The van der Waals surface area contributed by atoms with Crippen molar-refractivity contribution in [3.63, 3.8) is 0 Å². The molecule has 0 radical (unpaired) electrons. The Morgan fingerprint density at radius 3 is 1.25 bits per heavy atom. The normalized spacial score (nSPS) is 12.3. The van der Waals surface area contributed by atoms with Crippen LogP contribution in [0.2, 0.25) is 0 Å². The summed E-state index contributed by atoms with van der Waals surface area (Å²) >= 11 is 0. The minimum absolute atomic E-state index is 0.0884. The fourth-order valence-corrected chi connectivity index (χ4v) is 7.25. The maximum absolute atomic E-state index is 12.8. The zero-order valence-corrected chi connectivity index (χ0v) is 37.9. The van der Waals surface area contributed by atoms with Gasteiger partial charge in [0.1, 0.15) is 6.61 Å². The van der Waals surface area contributed by atoms with Crippen molar-refractivity contribution in [3.8, 4) is 0 Å². The van der Waals surface area contributed by atoms with Gasteiger partial charge in [0.05, 0.1) is 6.61 Å². The van der Waals surface area contributed by atoms with Crippen LogP contribution in [0.1, 0.15) is 265 Å². The van der Waals surface area contributed by atoms with Crippen molar-refractivity contribution in [1.29, 1.82) is 0 Å². The van der Waals surface area contributed by atoms with Crippen molar-refractivity contribution in [2.24, 2.45) is 0 Å². The van der Waals surface area contributed by atoms with Crippen LogP contribution in [0, 0.1) is 0 Å². The lowest BCUT2D eigenvalue weighted by molar-refractivity contribution is -0.163. The van der Waals surface area contributed by atoms with E-state index in [0.29, 0.717) is 19.4 Å². The molecule has 1 unspecified atom stereocenters. The first-order valence-corrected chi connectivity index (χ1v) is 24.9. The fraction of sp³-hybridized carbons (Fsp3) is 0.882. The van der Waals surface area contributed by atoms with E-state index in [2.05, 4.69) is 45.1 Å². The molecule has 330 valence electrons. The van der Waals surface area contributed by atoms with Gasteiger partial charge in [0.15, 0.2) is 6.10 Å². The van der Waals surface area contributed by atoms with Crippen molar-refractivity contribution in [3.05, 3.63) is 24.3 Å². The predicted molar refractivity (Wildman–Crippen MR) is 242 cm³/mol. The Bertz CT molecular complexity index is 851. The summed E-state index contributed by atoms with van der Waals surface area (Å²) in [6, 6.07) is 0. The lowest BCUT2D eigenvalue weighted by Gasteiger charge is -2.18. The highest BCUT2D eigenvalue weighted by atomic mass is 16.6. The fourth-order valence-electron chi connectivity index (χ4n) is 7.25. The summed E-state index contributed by atoms with van der Waals surface area (Å²) in [6.07, 6.45) is 54.6.